The van der Waals surface area contributed by atoms with Crippen LogP contribution in [-0.4, -0.2) is 67.7 Å². The Bertz CT molecular complexity index is 660. The molecule has 3 rings (SSSR count). The molecule has 5 unspecified atom stereocenters. The maximum absolute atomic E-state index is 10.4. The number of methoxy groups -OCH3 is 1. The summed E-state index contributed by atoms with van der Waals surface area (Å²) in [6.07, 6.45) is 3.81. The third-order valence-electron chi connectivity index (χ3n) is 6.26. The number of benzene rings is 1. The molecule has 0 bridgehead atoms. The molecule has 2 heterocycles. The lowest BCUT2D eigenvalue weighted by Crippen LogP contribution is -2.61. The summed E-state index contributed by atoms with van der Waals surface area (Å²) in [5, 5.41) is 20.7. The highest BCUT2D eigenvalue weighted by molar-refractivity contribution is 5.67. The van der Waals surface area contributed by atoms with Crippen molar-refractivity contribution in [1.29, 1.82) is 0 Å². The van der Waals surface area contributed by atoms with E-state index in [1.165, 1.54) is 5.56 Å². The van der Waals surface area contributed by atoms with Gasteiger partial charge < -0.3 is 19.8 Å². The number of anilines is 1. The zero-order valence-electron chi connectivity index (χ0n) is 15.8. The van der Waals surface area contributed by atoms with Crippen LogP contribution in [0.4, 0.5) is 5.69 Å². The molecule has 2 aliphatic heterocycles. The number of hydrogen-bond donors (Lipinski definition) is 2. The fraction of sp³-hybridized carbons (Fsp3) is 0.600. The predicted molar refractivity (Wildman–Crippen MR) is 100 cm³/mol. The molecule has 0 saturated heterocycles. The summed E-state index contributed by atoms with van der Waals surface area (Å²) < 4.78 is 5.40. The van der Waals surface area contributed by atoms with Crippen molar-refractivity contribution >= 4 is 5.69 Å². The van der Waals surface area contributed by atoms with Gasteiger partial charge in [0.05, 0.1) is 25.9 Å². The van der Waals surface area contributed by atoms with Crippen molar-refractivity contribution in [3.63, 3.8) is 0 Å². The van der Waals surface area contributed by atoms with E-state index in [1.54, 1.807) is 7.11 Å². The molecular formula is C20H30N2O3. The Morgan fingerprint density at radius 1 is 1.36 bits per heavy atom. The average Bonchev–Trinajstić information content (AvgIpc) is 2.81. The van der Waals surface area contributed by atoms with E-state index in [1.807, 2.05) is 26.1 Å². The quantitative estimate of drug-likeness (QED) is 0.812. The maximum Gasteiger partial charge on any atom is 0.120 e. The second-order valence-corrected chi connectivity index (χ2v) is 7.61. The summed E-state index contributed by atoms with van der Waals surface area (Å²) >= 11 is 0. The minimum atomic E-state index is -0.451. The van der Waals surface area contributed by atoms with Crippen molar-refractivity contribution in [3.8, 4) is 5.75 Å². The molecule has 138 valence electrons. The number of hydrogen-bond acceptors (Lipinski definition) is 5. The fourth-order valence-corrected chi connectivity index (χ4v) is 4.98. The van der Waals surface area contributed by atoms with Crippen LogP contribution in [0.5, 0.6) is 5.75 Å². The summed E-state index contributed by atoms with van der Waals surface area (Å²) in [4.78, 5) is 4.45. The number of fused-ring (bicyclic) bond motifs is 1. The molecule has 2 N–H and O–H groups in total. The molecule has 0 spiro atoms. The first-order valence-electron chi connectivity index (χ1n) is 8.93. The van der Waals surface area contributed by atoms with E-state index in [9.17, 15) is 10.2 Å². The molecule has 1 aromatic carbocycles. The van der Waals surface area contributed by atoms with Crippen LogP contribution in [0.25, 0.3) is 0 Å². The standard InChI is InChI=1S/C20H30N2O3/c1-13(24)15-7-6-10-21(3)19(15)20(2)16-9-8-14(25-5)11-17(16)22(4)18(20)12-23/h6-9,11,13,15,18-19,23-24H,10,12H2,1-5H3. The second-order valence-electron chi connectivity index (χ2n) is 7.61. The molecule has 0 aliphatic carbocycles. The van der Waals surface area contributed by atoms with Gasteiger partial charge in [-0.15, -0.1) is 0 Å². The highest BCUT2D eigenvalue weighted by Crippen LogP contribution is 2.51. The Balaban J connectivity index is 2.17. The van der Waals surface area contributed by atoms with Gasteiger partial charge in [-0.1, -0.05) is 25.1 Å². The van der Waals surface area contributed by atoms with Crippen LogP contribution in [0, 0.1) is 5.92 Å². The lowest BCUT2D eigenvalue weighted by molar-refractivity contribution is 0.0284. The van der Waals surface area contributed by atoms with E-state index in [2.05, 4.69) is 42.0 Å². The second kappa shape index (κ2) is 6.63. The number of aliphatic hydroxyl groups is 2. The molecule has 5 heteroatoms. The third-order valence-corrected chi connectivity index (χ3v) is 6.26. The van der Waals surface area contributed by atoms with Gasteiger partial charge in [0.15, 0.2) is 0 Å². The van der Waals surface area contributed by atoms with E-state index >= 15 is 0 Å². The highest BCUT2D eigenvalue weighted by Gasteiger charge is 2.55. The molecule has 0 amide bonds. The van der Waals surface area contributed by atoms with Crippen molar-refractivity contribution in [3.05, 3.63) is 35.9 Å². The summed E-state index contributed by atoms with van der Waals surface area (Å²) in [6, 6.07) is 6.17. The van der Waals surface area contributed by atoms with Gasteiger partial charge in [0.25, 0.3) is 0 Å². The lowest BCUT2D eigenvalue weighted by atomic mass is 9.65. The largest absolute Gasteiger partial charge is 0.497 e. The SMILES string of the molecule is COc1ccc2c(c1)N(C)C(CO)C2(C)C1C(C(C)O)C=CCN1C. The van der Waals surface area contributed by atoms with Gasteiger partial charge in [-0.2, -0.15) is 0 Å². The topological polar surface area (TPSA) is 56.2 Å². The molecular weight excluding hydrogens is 316 g/mol. The van der Waals surface area contributed by atoms with Crippen LogP contribution in [0.15, 0.2) is 30.4 Å². The van der Waals surface area contributed by atoms with Crippen molar-refractivity contribution < 1.29 is 14.9 Å². The monoisotopic (exact) mass is 346 g/mol. The first-order chi connectivity index (χ1) is 11.9. The van der Waals surface area contributed by atoms with E-state index in [0.29, 0.717) is 0 Å². The maximum atomic E-state index is 10.4. The molecule has 0 aromatic heterocycles. The van der Waals surface area contributed by atoms with Gasteiger partial charge in [-0.3, -0.25) is 4.90 Å². The smallest absolute Gasteiger partial charge is 0.120 e. The Hall–Kier alpha value is -1.56. The minimum Gasteiger partial charge on any atom is -0.497 e. The molecule has 25 heavy (non-hydrogen) atoms. The summed E-state index contributed by atoms with van der Waals surface area (Å²) in [6.45, 7) is 4.98. The molecule has 0 saturated carbocycles. The Morgan fingerprint density at radius 3 is 2.68 bits per heavy atom. The van der Waals surface area contributed by atoms with Crippen LogP contribution >= 0.6 is 0 Å². The molecule has 2 aliphatic rings. The van der Waals surface area contributed by atoms with Crippen LogP contribution in [0.1, 0.15) is 19.4 Å². The predicted octanol–water partition coefficient (Wildman–Crippen LogP) is 1.63. The van der Waals surface area contributed by atoms with Crippen molar-refractivity contribution in [2.75, 3.05) is 39.3 Å². The van der Waals surface area contributed by atoms with Crippen LogP contribution in [0.3, 0.4) is 0 Å². The van der Waals surface area contributed by atoms with E-state index in [0.717, 1.165) is 18.0 Å². The van der Waals surface area contributed by atoms with Crippen molar-refractivity contribution in [2.45, 2.75) is 37.5 Å². The number of likely N-dealkylation sites (N-methyl/N-ethyl adjacent to an activating group) is 2. The third kappa shape index (κ3) is 2.65. The molecule has 5 atom stereocenters. The zero-order valence-corrected chi connectivity index (χ0v) is 15.8. The summed E-state index contributed by atoms with van der Waals surface area (Å²) in [7, 11) is 5.80. The lowest BCUT2D eigenvalue weighted by Gasteiger charge is -2.49. The Labute approximate surface area is 150 Å². The number of aliphatic hydroxyl groups excluding tert-OH is 2. The van der Waals surface area contributed by atoms with Gasteiger partial charge in [0.2, 0.25) is 0 Å². The number of rotatable bonds is 4. The van der Waals surface area contributed by atoms with E-state index in [-0.39, 0.29) is 30.0 Å². The van der Waals surface area contributed by atoms with Gasteiger partial charge in [-0.05, 0) is 25.6 Å². The molecule has 0 radical (unpaired) electrons. The van der Waals surface area contributed by atoms with Gasteiger partial charge in [0.1, 0.15) is 5.75 Å². The van der Waals surface area contributed by atoms with Gasteiger partial charge in [0, 0.05) is 42.7 Å². The highest BCUT2D eigenvalue weighted by atomic mass is 16.5. The molecule has 1 aromatic rings. The van der Waals surface area contributed by atoms with E-state index < -0.39 is 6.10 Å². The Kier molecular flexibility index (Phi) is 4.84. The Morgan fingerprint density at radius 2 is 2.08 bits per heavy atom. The minimum absolute atomic E-state index is 0.0132. The molecule has 0 fully saturated rings. The van der Waals surface area contributed by atoms with Crippen LogP contribution < -0.4 is 9.64 Å². The van der Waals surface area contributed by atoms with Crippen molar-refractivity contribution in [2.24, 2.45) is 5.92 Å². The van der Waals surface area contributed by atoms with Crippen molar-refractivity contribution in [1.82, 2.24) is 4.90 Å². The van der Waals surface area contributed by atoms with Gasteiger partial charge >= 0.3 is 0 Å². The van der Waals surface area contributed by atoms with Gasteiger partial charge in [-0.25, -0.2) is 0 Å². The average molecular weight is 346 g/mol. The summed E-state index contributed by atoms with van der Waals surface area (Å²) in [5.74, 6) is 0.828. The number of ether oxygens (including phenoxy) is 1. The zero-order chi connectivity index (χ0) is 18.4. The number of nitrogens with zero attached hydrogens (tertiary/aromatic N) is 2. The van der Waals surface area contributed by atoms with E-state index in [4.69, 9.17) is 4.74 Å². The van der Waals surface area contributed by atoms with Crippen LogP contribution in [0.2, 0.25) is 0 Å². The normalized spacial score (nSPS) is 33.4. The summed E-state index contributed by atoms with van der Waals surface area (Å²) in [5.41, 5.74) is 1.98. The molecule has 5 nitrogen and oxygen atoms in total. The van der Waals surface area contributed by atoms with Crippen LogP contribution in [-0.2, 0) is 5.41 Å². The first-order valence-corrected chi connectivity index (χ1v) is 8.93. The first kappa shape index (κ1) is 18.2. The fourth-order valence-electron chi connectivity index (χ4n) is 4.98.